The quantitative estimate of drug-likeness (QED) is 0.141. The molecule has 0 saturated carbocycles. The lowest BCUT2D eigenvalue weighted by atomic mass is 9.94. The summed E-state index contributed by atoms with van der Waals surface area (Å²) < 4.78 is 9.23. The molecule has 2 nitrogen and oxygen atoms in total. The van der Waals surface area contributed by atoms with Gasteiger partial charge in [0.25, 0.3) is 0 Å². The second-order valence-electron chi connectivity index (χ2n) is 19.3. The van der Waals surface area contributed by atoms with Gasteiger partial charge in [-0.2, -0.15) is 0 Å². The summed E-state index contributed by atoms with van der Waals surface area (Å²) in [6.45, 7) is 0. The van der Waals surface area contributed by atoms with Crippen LogP contribution in [-0.2, 0) is 0 Å². The third kappa shape index (κ3) is 7.78. The second kappa shape index (κ2) is 18.1. The number of benzene rings is 12. The van der Waals surface area contributed by atoms with Crippen LogP contribution in [0, 0.1) is 0 Å². The molecule has 0 radical (unpaired) electrons. The van der Waals surface area contributed by atoms with Gasteiger partial charge >= 0.3 is 0 Å². The number of fused-ring (bicyclic) bond motifs is 6. The molecule has 0 fully saturated rings. The maximum atomic E-state index is 6.82. The van der Waals surface area contributed by atoms with Crippen molar-refractivity contribution in [3.63, 3.8) is 0 Å². The maximum absolute atomic E-state index is 6.82. The largest absolute Gasteiger partial charge is 0.455 e. The lowest BCUT2D eigenvalue weighted by Crippen LogP contribution is -1.93. The topological polar surface area (TPSA) is 18.1 Å². The van der Waals surface area contributed by atoms with Gasteiger partial charge in [0.15, 0.2) is 0 Å². The lowest BCUT2D eigenvalue weighted by molar-refractivity contribution is 0.670. The van der Waals surface area contributed by atoms with Crippen LogP contribution in [0.2, 0.25) is 0 Å². The SMILES string of the molecule is c1ccc(-c2cccc(-c3cccc(-c4cccc(-c5ccc6oc7c(-c8ccc9c(c8)c8ccc(-c%10cccc(-c%11cccc(-c%12ccccc%12)c%11)c%10)cc8n9-c8ccccc8)cccc7c6c5)c4)c3)c2)cc1. The molecule has 2 heterocycles. The highest BCUT2D eigenvalue weighted by atomic mass is 16.3. The molecular weight excluding hydrogens is 895 g/mol. The normalized spacial score (nSPS) is 11.5. The van der Waals surface area contributed by atoms with Crippen molar-refractivity contribution in [1.82, 2.24) is 4.57 Å². The monoisotopic (exact) mass is 941 g/mol. The molecule has 74 heavy (non-hydrogen) atoms. The van der Waals surface area contributed by atoms with Crippen LogP contribution in [0.25, 0.3) is 138 Å². The average Bonchev–Trinajstić information content (AvgIpc) is 4.03. The molecule has 0 aliphatic carbocycles. The molecule has 2 aromatic heterocycles. The Morgan fingerprint density at radius 2 is 0.608 bits per heavy atom. The van der Waals surface area contributed by atoms with Crippen molar-refractivity contribution >= 4 is 43.7 Å². The molecule has 0 aliphatic rings. The molecule has 2 heteroatoms. The highest BCUT2D eigenvalue weighted by Crippen LogP contribution is 2.42. The van der Waals surface area contributed by atoms with Gasteiger partial charge < -0.3 is 8.98 Å². The first-order valence-electron chi connectivity index (χ1n) is 25.4. The Hall–Kier alpha value is -9.76. The summed E-state index contributed by atoms with van der Waals surface area (Å²) in [5.74, 6) is 0. The van der Waals surface area contributed by atoms with Crippen LogP contribution < -0.4 is 0 Å². The molecule has 0 saturated heterocycles. The van der Waals surface area contributed by atoms with Crippen molar-refractivity contribution in [2.75, 3.05) is 0 Å². The highest BCUT2D eigenvalue weighted by molar-refractivity contribution is 6.14. The predicted octanol–water partition coefficient (Wildman–Crippen LogP) is 20.0. The minimum Gasteiger partial charge on any atom is -0.455 e. The first-order valence-corrected chi connectivity index (χ1v) is 25.4. The van der Waals surface area contributed by atoms with E-state index in [4.69, 9.17) is 4.42 Å². The molecule has 0 bridgehead atoms. The van der Waals surface area contributed by atoms with Crippen molar-refractivity contribution < 1.29 is 4.42 Å². The summed E-state index contributed by atoms with van der Waals surface area (Å²) in [7, 11) is 0. The predicted molar refractivity (Wildman–Crippen MR) is 312 cm³/mol. The lowest BCUT2D eigenvalue weighted by Gasteiger charge is -2.10. The molecule has 0 unspecified atom stereocenters. The molecule has 14 rings (SSSR count). The fraction of sp³-hybridized carbons (Fsp3) is 0. The number of aromatic nitrogens is 1. The van der Waals surface area contributed by atoms with Crippen molar-refractivity contribution in [2.45, 2.75) is 0 Å². The van der Waals surface area contributed by atoms with Gasteiger partial charge in [0.2, 0.25) is 0 Å². The maximum Gasteiger partial charge on any atom is 0.143 e. The molecular formula is C72H47NO. The van der Waals surface area contributed by atoms with E-state index in [0.717, 1.165) is 60.9 Å². The van der Waals surface area contributed by atoms with E-state index in [1.807, 2.05) is 0 Å². The van der Waals surface area contributed by atoms with Crippen molar-refractivity contribution in [1.29, 1.82) is 0 Å². The number of hydrogen-bond donors (Lipinski definition) is 0. The van der Waals surface area contributed by atoms with E-state index < -0.39 is 0 Å². The Morgan fingerprint density at radius 1 is 0.216 bits per heavy atom. The summed E-state index contributed by atoms with van der Waals surface area (Å²) in [5, 5.41) is 4.61. The van der Waals surface area contributed by atoms with E-state index in [2.05, 4.69) is 290 Å². The van der Waals surface area contributed by atoms with Gasteiger partial charge in [-0.05, 0) is 156 Å². The van der Waals surface area contributed by atoms with E-state index in [-0.39, 0.29) is 0 Å². The fourth-order valence-electron chi connectivity index (χ4n) is 11.1. The third-order valence-electron chi connectivity index (χ3n) is 14.8. The third-order valence-corrected chi connectivity index (χ3v) is 14.8. The Balaban J connectivity index is 0.810. The first-order chi connectivity index (χ1) is 36.6. The van der Waals surface area contributed by atoms with E-state index in [9.17, 15) is 0 Å². The summed E-state index contributed by atoms with van der Waals surface area (Å²) in [6, 6.07) is 103. The molecule has 0 aliphatic heterocycles. The van der Waals surface area contributed by atoms with Gasteiger partial charge in [-0.15, -0.1) is 0 Å². The van der Waals surface area contributed by atoms with E-state index in [1.54, 1.807) is 0 Å². The number of furan rings is 1. The zero-order chi connectivity index (χ0) is 49.0. The number of hydrogen-bond acceptors (Lipinski definition) is 1. The fourth-order valence-corrected chi connectivity index (χ4v) is 11.1. The van der Waals surface area contributed by atoms with Gasteiger partial charge in [-0.1, -0.05) is 212 Å². The second-order valence-corrected chi connectivity index (χ2v) is 19.3. The summed E-state index contributed by atoms with van der Waals surface area (Å²) in [5.41, 5.74) is 24.1. The molecule has 0 atom stereocenters. The number of nitrogens with zero attached hydrogens (tertiary/aromatic N) is 1. The Bertz CT molecular complexity index is 4410. The van der Waals surface area contributed by atoms with Gasteiger partial charge in [-0.3, -0.25) is 0 Å². The minimum atomic E-state index is 0.875. The number of rotatable bonds is 9. The van der Waals surface area contributed by atoms with Gasteiger partial charge in [0, 0.05) is 32.8 Å². The molecule has 12 aromatic carbocycles. The smallest absolute Gasteiger partial charge is 0.143 e. The van der Waals surface area contributed by atoms with E-state index in [1.165, 1.54) is 77.5 Å². The zero-order valence-corrected chi connectivity index (χ0v) is 40.5. The molecule has 0 N–H and O–H groups in total. The Labute approximate surface area is 430 Å². The van der Waals surface area contributed by atoms with Gasteiger partial charge in [0.05, 0.1) is 11.0 Å². The van der Waals surface area contributed by atoms with Gasteiger partial charge in [0.1, 0.15) is 11.2 Å². The molecule has 0 spiro atoms. The number of para-hydroxylation sites is 2. The van der Waals surface area contributed by atoms with Crippen molar-refractivity contribution in [3.8, 4) is 94.7 Å². The minimum absolute atomic E-state index is 0.875. The van der Waals surface area contributed by atoms with Crippen LogP contribution in [0.4, 0.5) is 0 Å². The van der Waals surface area contributed by atoms with Crippen LogP contribution in [0.1, 0.15) is 0 Å². The van der Waals surface area contributed by atoms with E-state index in [0.29, 0.717) is 0 Å². The first kappa shape index (κ1) is 43.1. The summed E-state index contributed by atoms with van der Waals surface area (Å²) in [4.78, 5) is 0. The van der Waals surface area contributed by atoms with Crippen LogP contribution in [0.5, 0.6) is 0 Å². The van der Waals surface area contributed by atoms with Gasteiger partial charge in [-0.25, -0.2) is 0 Å². The Morgan fingerprint density at radius 3 is 1.12 bits per heavy atom. The van der Waals surface area contributed by atoms with Crippen LogP contribution in [0.15, 0.2) is 290 Å². The van der Waals surface area contributed by atoms with Crippen LogP contribution in [0.3, 0.4) is 0 Å². The zero-order valence-electron chi connectivity index (χ0n) is 40.5. The van der Waals surface area contributed by atoms with Crippen molar-refractivity contribution in [2.24, 2.45) is 0 Å². The van der Waals surface area contributed by atoms with Crippen LogP contribution in [-0.4, -0.2) is 4.57 Å². The standard InChI is InChI=1S/C72H47NO/c1-4-16-48(17-5-1)50-20-10-22-52(40-50)54-24-12-25-55(42-54)56-26-13-28-58(43-56)60-36-39-71-68(45-60)66-33-15-32-64(72(66)74-71)62-35-38-69-67(46-62)65-37-34-61(47-70(65)73(69)63-30-8-3-9-31-63)59-29-14-27-57(44-59)53-23-11-21-51(41-53)49-18-6-2-7-19-49/h1-47H. The molecule has 0 amide bonds. The molecule has 346 valence electrons. The van der Waals surface area contributed by atoms with Crippen molar-refractivity contribution in [3.05, 3.63) is 285 Å². The van der Waals surface area contributed by atoms with E-state index >= 15 is 0 Å². The average molecular weight is 942 g/mol. The highest BCUT2D eigenvalue weighted by Gasteiger charge is 2.18. The summed E-state index contributed by atoms with van der Waals surface area (Å²) in [6.07, 6.45) is 0. The summed E-state index contributed by atoms with van der Waals surface area (Å²) >= 11 is 0. The Kier molecular flexibility index (Phi) is 10.6. The molecule has 14 aromatic rings. The van der Waals surface area contributed by atoms with Crippen LogP contribution >= 0.6 is 0 Å².